The highest BCUT2D eigenvalue weighted by Crippen LogP contribution is 1.90. The van der Waals surface area contributed by atoms with Gasteiger partial charge in [-0.15, -0.1) is 11.8 Å². The summed E-state index contributed by atoms with van der Waals surface area (Å²) in [6.07, 6.45) is 0. The molecule has 0 saturated carbocycles. The number of aliphatic carboxylic acids is 1. The fourth-order valence-electron chi connectivity index (χ4n) is 0.152. The van der Waals surface area contributed by atoms with Gasteiger partial charge >= 0.3 is 5.97 Å². The van der Waals surface area contributed by atoms with Crippen LogP contribution in [0.25, 0.3) is 0 Å². The van der Waals surface area contributed by atoms with Crippen molar-refractivity contribution in [1.29, 1.82) is 0 Å². The van der Waals surface area contributed by atoms with Crippen LogP contribution in [0.4, 0.5) is 0 Å². The third-order valence-electron chi connectivity index (χ3n) is 0.342. The molecule has 46 valence electrons. The zero-order valence-corrected chi connectivity index (χ0v) is 4.89. The van der Waals surface area contributed by atoms with Crippen LogP contribution < -0.4 is 5.84 Å². The first kappa shape index (κ1) is 7.29. The number of carboxylic acid groups (broad SMARTS) is 1. The Balaban J connectivity index is 3.05. The van der Waals surface area contributed by atoms with E-state index in [1.54, 1.807) is 0 Å². The van der Waals surface area contributed by atoms with Crippen LogP contribution in [-0.4, -0.2) is 22.4 Å². The smallest absolute Gasteiger partial charge is 0.313 e. The molecule has 0 bridgehead atoms. The standard InChI is InChI=1S/C3H6N2O2S/c4-5-2-8-1-3(6)7/h2H,1,4H2,(H,6,7). The lowest BCUT2D eigenvalue weighted by Gasteiger charge is -1.82. The maximum Gasteiger partial charge on any atom is 0.313 e. The van der Waals surface area contributed by atoms with Crippen LogP contribution >= 0.6 is 11.8 Å². The normalized spacial score (nSPS) is 10.0. The Morgan fingerprint density at radius 3 is 3.00 bits per heavy atom. The molecule has 0 aliphatic heterocycles. The molecular weight excluding hydrogens is 128 g/mol. The van der Waals surface area contributed by atoms with Crippen molar-refractivity contribution in [2.24, 2.45) is 10.9 Å². The Kier molecular flexibility index (Phi) is 4.05. The van der Waals surface area contributed by atoms with Gasteiger partial charge in [0.05, 0.1) is 11.3 Å². The molecule has 0 aromatic carbocycles. The fraction of sp³-hybridized carbons (Fsp3) is 0.333. The van der Waals surface area contributed by atoms with Crippen molar-refractivity contribution in [3.63, 3.8) is 0 Å². The number of carboxylic acids is 1. The molecule has 8 heavy (non-hydrogen) atoms. The van der Waals surface area contributed by atoms with E-state index in [1.807, 2.05) is 0 Å². The van der Waals surface area contributed by atoms with Crippen molar-refractivity contribution in [2.75, 3.05) is 5.75 Å². The zero-order chi connectivity index (χ0) is 6.41. The van der Waals surface area contributed by atoms with Crippen LogP contribution in [-0.2, 0) is 4.79 Å². The van der Waals surface area contributed by atoms with Crippen molar-refractivity contribution in [1.82, 2.24) is 0 Å². The summed E-state index contributed by atoms with van der Waals surface area (Å²) in [7, 11) is 0. The molecule has 0 spiro atoms. The zero-order valence-electron chi connectivity index (χ0n) is 4.07. The topological polar surface area (TPSA) is 75.7 Å². The highest BCUT2D eigenvalue weighted by atomic mass is 32.2. The molecule has 3 N–H and O–H groups in total. The molecule has 0 amide bonds. The second kappa shape index (κ2) is 4.45. The molecule has 0 radical (unpaired) electrons. The van der Waals surface area contributed by atoms with Crippen molar-refractivity contribution < 1.29 is 9.90 Å². The van der Waals surface area contributed by atoms with Crippen molar-refractivity contribution >= 4 is 23.3 Å². The van der Waals surface area contributed by atoms with Crippen LogP contribution in [0.3, 0.4) is 0 Å². The Bertz CT molecular complexity index is 103. The summed E-state index contributed by atoms with van der Waals surface area (Å²) in [6.45, 7) is 0. The second-order valence-corrected chi connectivity index (χ2v) is 1.79. The summed E-state index contributed by atoms with van der Waals surface area (Å²) in [5.41, 5.74) is 1.29. The molecule has 0 unspecified atom stereocenters. The average molecular weight is 134 g/mol. The van der Waals surface area contributed by atoms with Crippen LogP contribution in [0.15, 0.2) is 5.10 Å². The SMILES string of the molecule is NN=CSCC(=O)O. The predicted molar refractivity (Wildman–Crippen MR) is 32.8 cm³/mol. The molecule has 0 aliphatic carbocycles. The third kappa shape index (κ3) is 5.29. The summed E-state index contributed by atoms with van der Waals surface area (Å²) in [4.78, 5) is 9.75. The first-order chi connectivity index (χ1) is 3.77. The van der Waals surface area contributed by atoms with Crippen LogP contribution in [0.5, 0.6) is 0 Å². The predicted octanol–water partition coefficient (Wildman–Crippen LogP) is -0.294. The first-order valence-corrected chi connectivity index (χ1v) is 2.87. The lowest BCUT2D eigenvalue weighted by Crippen LogP contribution is -1.97. The van der Waals surface area contributed by atoms with Crippen molar-refractivity contribution in [3.8, 4) is 0 Å². The molecule has 0 aliphatic rings. The summed E-state index contributed by atoms with van der Waals surface area (Å²) in [5.74, 6) is 3.82. The largest absolute Gasteiger partial charge is 0.481 e. The lowest BCUT2D eigenvalue weighted by molar-refractivity contribution is -0.133. The van der Waals surface area contributed by atoms with Crippen LogP contribution in [0.2, 0.25) is 0 Å². The van der Waals surface area contributed by atoms with E-state index < -0.39 is 5.97 Å². The molecule has 0 aromatic heterocycles. The Hall–Kier alpha value is -0.710. The van der Waals surface area contributed by atoms with Gasteiger partial charge in [-0.1, -0.05) is 0 Å². The van der Waals surface area contributed by atoms with Gasteiger partial charge < -0.3 is 10.9 Å². The molecule has 0 aromatic rings. The quantitative estimate of drug-likeness (QED) is 0.240. The van der Waals surface area contributed by atoms with E-state index in [1.165, 1.54) is 5.55 Å². The van der Waals surface area contributed by atoms with E-state index in [0.717, 1.165) is 11.8 Å². The molecule has 0 atom stereocenters. The number of nitrogens with zero attached hydrogens (tertiary/aromatic N) is 1. The molecule has 0 heterocycles. The van der Waals surface area contributed by atoms with Crippen LogP contribution in [0, 0.1) is 0 Å². The van der Waals surface area contributed by atoms with Gasteiger partial charge in [0.15, 0.2) is 0 Å². The molecule has 5 heteroatoms. The third-order valence-corrected chi connectivity index (χ3v) is 1.03. The molecule has 0 fully saturated rings. The van der Waals surface area contributed by atoms with E-state index >= 15 is 0 Å². The number of hydrazone groups is 1. The Morgan fingerprint density at radius 2 is 2.62 bits per heavy atom. The van der Waals surface area contributed by atoms with E-state index in [9.17, 15) is 4.79 Å². The highest BCUT2D eigenvalue weighted by Gasteiger charge is 1.91. The number of rotatable bonds is 3. The van der Waals surface area contributed by atoms with Gasteiger partial charge in [-0.05, 0) is 0 Å². The van der Waals surface area contributed by atoms with Gasteiger partial charge in [0.1, 0.15) is 0 Å². The van der Waals surface area contributed by atoms with E-state index in [-0.39, 0.29) is 5.75 Å². The molecule has 4 nitrogen and oxygen atoms in total. The van der Waals surface area contributed by atoms with Gasteiger partial charge in [-0.2, -0.15) is 5.10 Å². The number of thioether (sulfide) groups is 1. The maximum absolute atomic E-state index is 9.75. The van der Waals surface area contributed by atoms with E-state index in [2.05, 4.69) is 10.9 Å². The van der Waals surface area contributed by atoms with Gasteiger partial charge in [-0.3, -0.25) is 4.79 Å². The molecule has 0 rings (SSSR count). The fourth-order valence-corrected chi connectivity index (χ4v) is 0.455. The van der Waals surface area contributed by atoms with Crippen molar-refractivity contribution in [3.05, 3.63) is 0 Å². The minimum atomic E-state index is -0.866. The summed E-state index contributed by atoms with van der Waals surface area (Å²) in [5, 5.41) is 11.1. The summed E-state index contributed by atoms with van der Waals surface area (Å²) >= 11 is 1.05. The summed E-state index contributed by atoms with van der Waals surface area (Å²) < 4.78 is 0. The monoisotopic (exact) mass is 134 g/mol. The van der Waals surface area contributed by atoms with E-state index in [0.29, 0.717) is 0 Å². The number of carbonyl (C=O) groups is 1. The van der Waals surface area contributed by atoms with Gasteiger partial charge in [0.25, 0.3) is 0 Å². The average Bonchev–Trinajstić information content (AvgIpc) is 1.66. The van der Waals surface area contributed by atoms with Gasteiger partial charge in [-0.25, -0.2) is 0 Å². The molecule has 0 saturated heterocycles. The minimum absolute atomic E-state index is 0.0146. The maximum atomic E-state index is 9.75. The molecular formula is C3H6N2O2S. The van der Waals surface area contributed by atoms with Crippen LogP contribution in [0.1, 0.15) is 0 Å². The Labute approximate surface area is 50.8 Å². The number of hydrogen-bond donors (Lipinski definition) is 2. The Morgan fingerprint density at radius 1 is 2.00 bits per heavy atom. The van der Waals surface area contributed by atoms with Gasteiger partial charge in [0, 0.05) is 0 Å². The number of nitrogens with two attached hydrogens (primary N) is 1. The lowest BCUT2D eigenvalue weighted by atomic mass is 10.8. The van der Waals surface area contributed by atoms with Crippen molar-refractivity contribution in [2.45, 2.75) is 0 Å². The van der Waals surface area contributed by atoms with E-state index in [4.69, 9.17) is 5.11 Å². The highest BCUT2D eigenvalue weighted by molar-refractivity contribution is 8.12. The second-order valence-electron chi connectivity index (χ2n) is 0.959. The van der Waals surface area contributed by atoms with Gasteiger partial charge in [0.2, 0.25) is 0 Å². The summed E-state index contributed by atoms with van der Waals surface area (Å²) in [6, 6.07) is 0. The number of hydrogen-bond acceptors (Lipinski definition) is 4. The minimum Gasteiger partial charge on any atom is -0.481 e. The first-order valence-electron chi connectivity index (χ1n) is 1.82.